The lowest BCUT2D eigenvalue weighted by atomic mass is 9.98. The maximum atomic E-state index is 13.9. The SMILES string of the molecule is COc1ccc(C(NN)c2c(F)cccc2Cl)cc1F. The van der Waals surface area contributed by atoms with Gasteiger partial charge < -0.3 is 4.74 Å². The molecule has 20 heavy (non-hydrogen) atoms. The highest BCUT2D eigenvalue weighted by Crippen LogP contribution is 2.31. The lowest BCUT2D eigenvalue weighted by Crippen LogP contribution is -2.29. The molecule has 1 unspecified atom stereocenters. The number of methoxy groups -OCH3 is 1. The van der Waals surface area contributed by atoms with Crippen molar-refractivity contribution in [2.45, 2.75) is 6.04 Å². The van der Waals surface area contributed by atoms with Gasteiger partial charge in [-0.05, 0) is 29.8 Å². The maximum Gasteiger partial charge on any atom is 0.165 e. The van der Waals surface area contributed by atoms with Gasteiger partial charge in [-0.3, -0.25) is 5.84 Å². The summed E-state index contributed by atoms with van der Waals surface area (Å²) in [4.78, 5) is 0. The second kappa shape index (κ2) is 6.17. The Morgan fingerprint density at radius 2 is 1.95 bits per heavy atom. The summed E-state index contributed by atoms with van der Waals surface area (Å²) in [6.07, 6.45) is 0. The average Bonchev–Trinajstić information content (AvgIpc) is 2.43. The monoisotopic (exact) mass is 298 g/mol. The number of benzene rings is 2. The van der Waals surface area contributed by atoms with Crippen LogP contribution in [0.2, 0.25) is 5.02 Å². The first-order valence-corrected chi connectivity index (χ1v) is 6.19. The Morgan fingerprint density at radius 3 is 2.50 bits per heavy atom. The summed E-state index contributed by atoms with van der Waals surface area (Å²) in [6, 6.07) is 7.81. The van der Waals surface area contributed by atoms with Gasteiger partial charge in [0.1, 0.15) is 5.82 Å². The third-order valence-corrected chi connectivity index (χ3v) is 3.29. The van der Waals surface area contributed by atoms with Crippen molar-refractivity contribution in [2.75, 3.05) is 7.11 Å². The van der Waals surface area contributed by atoms with Crippen LogP contribution in [0.4, 0.5) is 8.78 Å². The van der Waals surface area contributed by atoms with Gasteiger partial charge in [-0.2, -0.15) is 0 Å². The Bertz CT molecular complexity index is 602. The molecule has 2 rings (SSSR count). The van der Waals surface area contributed by atoms with E-state index in [1.807, 2.05) is 0 Å². The van der Waals surface area contributed by atoms with Crippen molar-refractivity contribution in [3.63, 3.8) is 0 Å². The molecule has 0 saturated carbocycles. The third kappa shape index (κ3) is 2.75. The van der Waals surface area contributed by atoms with Crippen molar-refractivity contribution in [3.05, 3.63) is 64.2 Å². The molecular weight excluding hydrogens is 286 g/mol. The van der Waals surface area contributed by atoms with Gasteiger partial charge in [-0.25, -0.2) is 14.2 Å². The van der Waals surface area contributed by atoms with E-state index in [9.17, 15) is 8.78 Å². The number of hydrogen-bond donors (Lipinski definition) is 2. The Balaban J connectivity index is 2.50. The van der Waals surface area contributed by atoms with E-state index in [-0.39, 0.29) is 16.3 Å². The van der Waals surface area contributed by atoms with Crippen LogP contribution in [-0.2, 0) is 0 Å². The molecule has 3 nitrogen and oxygen atoms in total. The summed E-state index contributed by atoms with van der Waals surface area (Å²) in [5.41, 5.74) is 3.06. The lowest BCUT2D eigenvalue weighted by Gasteiger charge is -2.19. The minimum absolute atomic E-state index is 0.101. The fourth-order valence-electron chi connectivity index (χ4n) is 1.99. The second-order valence-corrected chi connectivity index (χ2v) is 4.54. The molecule has 0 fully saturated rings. The summed E-state index contributed by atoms with van der Waals surface area (Å²) in [7, 11) is 1.37. The van der Waals surface area contributed by atoms with Crippen LogP contribution in [0.3, 0.4) is 0 Å². The zero-order valence-electron chi connectivity index (χ0n) is 10.7. The molecule has 0 aromatic heterocycles. The van der Waals surface area contributed by atoms with Crippen LogP contribution in [0, 0.1) is 11.6 Å². The second-order valence-electron chi connectivity index (χ2n) is 4.13. The summed E-state index contributed by atoms with van der Waals surface area (Å²) in [6.45, 7) is 0. The number of hydrogen-bond acceptors (Lipinski definition) is 3. The number of nitrogens with two attached hydrogens (primary N) is 1. The van der Waals surface area contributed by atoms with Gasteiger partial charge in [0.05, 0.1) is 13.2 Å². The summed E-state index contributed by atoms with van der Waals surface area (Å²) in [5.74, 6) is 4.49. The topological polar surface area (TPSA) is 47.3 Å². The van der Waals surface area contributed by atoms with Crippen LogP contribution in [0.15, 0.2) is 36.4 Å². The van der Waals surface area contributed by atoms with Crippen LogP contribution in [0.25, 0.3) is 0 Å². The molecule has 2 aromatic rings. The average molecular weight is 299 g/mol. The first-order valence-electron chi connectivity index (χ1n) is 5.82. The maximum absolute atomic E-state index is 13.9. The van der Waals surface area contributed by atoms with Gasteiger partial charge in [0.2, 0.25) is 0 Å². The number of rotatable bonds is 4. The molecule has 0 aliphatic heterocycles. The highest BCUT2D eigenvalue weighted by Gasteiger charge is 2.21. The van der Waals surface area contributed by atoms with Gasteiger partial charge in [0, 0.05) is 10.6 Å². The summed E-state index contributed by atoms with van der Waals surface area (Å²) < 4.78 is 32.5. The predicted molar refractivity (Wildman–Crippen MR) is 73.5 cm³/mol. The molecule has 0 saturated heterocycles. The van der Waals surface area contributed by atoms with Crippen LogP contribution in [0.5, 0.6) is 5.75 Å². The van der Waals surface area contributed by atoms with E-state index < -0.39 is 17.7 Å². The lowest BCUT2D eigenvalue weighted by molar-refractivity contribution is 0.385. The van der Waals surface area contributed by atoms with Gasteiger partial charge in [0.25, 0.3) is 0 Å². The molecule has 6 heteroatoms. The Kier molecular flexibility index (Phi) is 4.54. The van der Waals surface area contributed by atoms with Gasteiger partial charge in [-0.15, -0.1) is 0 Å². The largest absolute Gasteiger partial charge is 0.494 e. The standard InChI is InChI=1S/C14H13ClF2N2O/c1-20-12-6-5-8(7-11(12)17)14(19-18)13-9(15)3-2-4-10(13)16/h2-7,14,19H,18H2,1H3. The van der Waals surface area contributed by atoms with Crippen molar-refractivity contribution >= 4 is 11.6 Å². The van der Waals surface area contributed by atoms with Crippen LogP contribution in [-0.4, -0.2) is 7.11 Å². The molecule has 3 N–H and O–H groups in total. The number of halogens is 3. The molecule has 2 aromatic carbocycles. The minimum atomic E-state index is -0.760. The van der Waals surface area contributed by atoms with E-state index in [1.165, 1.54) is 31.4 Å². The number of nitrogens with one attached hydrogen (secondary N) is 1. The Morgan fingerprint density at radius 1 is 1.20 bits per heavy atom. The van der Waals surface area contributed by atoms with Crippen LogP contribution in [0.1, 0.15) is 17.2 Å². The predicted octanol–water partition coefficient (Wildman–Crippen LogP) is 3.18. The molecular formula is C14H13ClF2N2O. The zero-order valence-corrected chi connectivity index (χ0v) is 11.4. The highest BCUT2D eigenvalue weighted by atomic mass is 35.5. The smallest absolute Gasteiger partial charge is 0.165 e. The molecule has 0 radical (unpaired) electrons. The fraction of sp³-hybridized carbons (Fsp3) is 0.143. The Labute approximate surface area is 120 Å². The Hall–Kier alpha value is -1.69. The third-order valence-electron chi connectivity index (χ3n) is 2.96. The van der Waals surface area contributed by atoms with Gasteiger partial charge >= 0.3 is 0 Å². The van der Waals surface area contributed by atoms with Crippen molar-refractivity contribution in [1.29, 1.82) is 0 Å². The number of ether oxygens (including phenoxy) is 1. The van der Waals surface area contributed by atoms with Crippen molar-refractivity contribution in [1.82, 2.24) is 5.43 Å². The molecule has 106 valence electrons. The van der Waals surface area contributed by atoms with Crippen molar-refractivity contribution in [3.8, 4) is 5.75 Å². The van der Waals surface area contributed by atoms with Gasteiger partial charge in [0.15, 0.2) is 11.6 Å². The first-order chi connectivity index (χ1) is 9.58. The van der Waals surface area contributed by atoms with E-state index >= 15 is 0 Å². The molecule has 0 aliphatic rings. The first kappa shape index (κ1) is 14.7. The van der Waals surface area contributed by atoms with E-state index in [1.54, 1.807) is 12.1 Å². The molecule has 0 spiro atoms. The van der Waals surface area contributed by atoms with Crippen LogP contribution < -0.4 is 16.0 Å². The fourth-order valence-corrected chi connectivity index (χ4v) is 2.27. The van der Waals surface area contributed by atoms with E-state index in [0.717, 1.165) is 0 Å². The molecule has 0 heterocycles. The molecule has 0 amide bonds. The quantitative estimate of drug-likeness (QED) is 0.673. The van der Waals surface area contributed by atoms with Crippen molar-refractivity contribution < 1.29 is 13.5 Å². The summed E-state index contributed by atoms with van der Waals surface area (Å²) >= 11 is 6.00. The van der Waals surface area contributed by atoms with E-state index in [2.05, 4.69) is 5.43 Å². The van der Waals surface area contributed by atoms with Gasteiger partial charge in [-0.1, -0.05) is 23.7 Å². The zero-order chi connectivity index (χ0) is 14.7. The van der Waals surface area contributed by atoms with E-state index in [4.69, 9.17) is 22.2 Å². The molecule has 1 atom stereocenters. The summed E-state index contributed by atoms with van der Waals surface area (Å²) in [5, 5.41) is 0.212. The minimum Gasteiger partial charge on any atom is -0.494 e. The van der Waals surface area contributed by atoms with E-state index in [0.29, 0.717) is 5.56 Å². The molecule has 0 aliphatic carbocycles. The van der Waals surface area contributed by atoms with Crippen LogP contribution >= 0.6 is 11.6 Å². The normalized spacial score (nSPS) is 12.2. The van der Waals surface area contributed by atoms with Crippen molar-refractivity contribution in [2.24, 2.45) is 5.84 Å². The molecule has 0 bridgehead atoms. The number of hydrazine groups is 1. The highest BCUT2D eigenvalue weighted by molar-refractivity contribution is 6.31.